The first-order chi connectivity index (χ1) is 17.3. The van der Waals surface area contributed by atoms with Crippen LogP contribution in [0.4, 0.5) is 5.69 Å². The molecule has 0 bridgehead atoms. The van der Waals surface area contributed by atoms with Gasteiger partial charge >= 0.3 is 0 Å². The van der Waals surface area contributed by atoms with E-state index in [4.69, 9.17) is 4.74 Å². The van der Waals surface area contributed by atoms with Gasteiger partial charge in [0.2, 0.25) is 10.0 Å². The van der Waals surface area contributed by atoms with Crippen molar-refractivity contribution in [3.8, 4) is 5.75 Å². The van der Waals surface area contributed by atoms with Gasteiger partial charge in [-0.1, -0.05) is 48.9 Å². The summed E-state index contributed by atoms with van der Waals surface area (Å²) in [6.45, 7) is 6.29. The number of rotatable bonds is 7. The summed E-state index contributed by atoms with van der Waals surface area (Å²) >= 11 is 0. The molecule has 0 saturated carbocycles. The molecule has 0 radical (unpaired) electrons. The van der Waals surface area contributed by atoms with Crippen molar-refractivity contribution in [2.75, 3.05) is 37.2 Å². The van der Waals surface area contributed by atoms with Crippen LogP contribution in [-0.4, -0.2) is 45.8 Å². The highest BCUT2D eigenvalue weighted by Gasteiger charge is 2.37. The molecule has 1 aliphatic carbocycles. The van der Waals surface area contributed by atoms with Crippen LogP contribution >= 0.6 is 0 Å². The van der Waals surface area contributed by atoms with E-state index >= 15 is 0 Å². The predicted octanol–water partition coefficient (Wildman–Crippen LogP) is 5.38. The third kappa shape index (κ3) is 5.30. The fourth-order valence-electron chi connectivity index (χ4n) is 5.89. The highest BCUT2D eigenvalue weighted by molar-refractivity contribution is 7.92. The van der Waals surface area contributed by atoms with Crippen LogP contribution in [0, 0.1) is 0 Å². The third-order valence-corrected chi connectivity index (χ3v) is 8.31. The summed E-state index contributed by atoms with van der Waals surface area (Å²) in [5.41, 5.74) is 6.33. The van der Waals surface area contributed by atoms with Crippen molar-refractivity contribution >= 4 is 15.7 Å². The fraction of sp³-hybridized carbons (Fsp3) is 0.400. The van der Waals surface area contributed by atoms with Crippen LogP contribution in [0.3, 0.4) is 0 Å². The number of ether oxygens (including phenoxy) is 1. The molecule has 0 spiro atoms. The summed E-state index contributed by atoms with van der Waals surface area (Å²) in [5.74, 6) is 0.923. The molecule has 1 saturated heterocycles. The number of nitrogens with one attached hydrogen (secondary N) is 1. The molecule has 5 nitrogen and oxygen atoms in total. The van der Waals surface area contributed by atoms with Crippen LogP contribution in [0.25, 0.3) is 0 Å². The van der Waals surface area contributed by atoms with Crippen molar-refractivity contribution < 1.29 is 13.2 Å². The molecule has 3 aromatic carbocycles. The molecule has 36 heavy (non-hydrogen) atoms. The Hall–Kier alpha value is -2.83. The Kier molecular flexibility index (Phi) is 7.09. The Balaban J connectivity index is 1.49. The molecule has 190 valence electrons. The summed E-state index contributed by atoms with van der Waals surface area (Å²) in [6.07, 6.45) is 7.00. The van der Waals surface area contributed by atoms with E-state index in [-0.39, 0.29) is 0 Å². The number of fused-ring (bicyclic) bond motifs is 2. The lowest BCUT2D eigenvalue weighted by Gasteiger charge is -2.34. The Bertz CT molecular complexity index is 1330. The molecule has 5 rings (SSSR count). The normalized spacial score (nSPS) is 20.2. The second kappa shape index (κ2) is 10.3. The molecule has 6 heteroatoms. The largest absolute Gasteiger partial charge is 0.492 e. The van der Waals surface area contributed by atoms with Crippen LogP contribution < -0.4 is 9.46 Å². The minimum Gasteiger partial charge on any atom is -0.492 e. The fourth-order valence-corrected chi connectivity index (χ4v) is 6.44. The molecular weight excluding hydrogens is 468 g/mol. The van der Waals surface area contributed by atoms with E-state index in [1.807, 2.05) is 12.1 Å². The summed E-state index contributed by atoms with van der Waals surface area (Å²) < 4.78 is 32.7. The number of hydrogen-bond acceptors (Lipinski definition) is 4. The molecule has 1 aliphatic heterocycles. The molecule has 1 heterocycles. The van der Waals surface area contributed by atoms with E-state index in [9.17, 15) is 8.42 Å². The lowest BCUT2D eigenvalue weighted by atomic mass is 9.69. The Labute approximate surface area is 215 Å². The lowest BCUT2D eigenvalue weighted by molar-refractivity contribution is 0.183. The van der Waals surface area contributed by atoms with E-state index in [1.165, 1.54) is 60.9 Å². The van der Waals surface area contributed by atoms with Gasteiger partial charge in [0, 0.05) is 17.6 Å². The Morgan fingerprint density at radius 2 is 1.64 bits per heavy atom. The SMILES string of the molecule is CC1(c2cccc(NS(C)(=O)=O)c2)c2ccccc2CCc2cc(OCCN3CCCCC3)ccc21. The maximum Gasteiger partial charge on any atom is 0.229 e. The zero-order chi connectivity index (χ0) is 25.2. The quantitative estimate of drug-likeness (QED) is 0.470. The summed E-state index contributed by atoms with van der Waals surface area (Å²) in [7, 11) is -3.37. The van der Waals surface area contributed by atoms with Crippen molar-refractivity contribution in [2.45, 2.75) is 44.4 Å². The third-order valence-electron chi connectivity index (χ3n) is 7.70. The molecule has 0 amide bonds. The van der Waals surface area contributed by atoms with Gasteiger partial charge in [0.25, 0.3) is 0 Å². The molecule has 1 atom stereocenters. The maximum atomic E-state index is 11.9. The summed E-state index contributed by atoms with van der Waals surface area (Å²) in [5, 5.41) is 0. The molecule has 0 aromatic heterocycles. The predicted molar refractivity (Wildman–Crippen MR) is 147 cm³/mol. The topological polar surface area (TPSA) is 58.6 Å². The van der Waals surface area contributed by atoms with E-state index < -0.39 is 15.4 Å². The number of nitrogens with zero attached hydrogens (tertiary/aromatic N) is 1. The number of sulfonamides is 1. The summed E-state index contributed by atoms with van der Waals surface area (Å²) in [4.78, 5) is 2.50. The number of aryl methyl sites for hydroxylation is 2. The Morgan fingerprint density at radius 3 is 2.44 bits per heavy atom. The van der Waals surface area contributed by atoms with Crippen molar-refractivity contribution in [2.24, 2.45) is 0 Å². The lowest BCUT2D eigenvalue weighted by Crippen LogP contribution is -2.33. The number of piperidine rings is 1. The molecule has 3 aromatic rings. The Morgan fingerprint density at radius 1 is 0.889 bits per heavy atom. The number of hydrogen-bond donors (Lipinski definition) is 1. The van der Waals surface area contributed by atoms with Crippen molar-refractivity contribution in [1.82, 2.24) is 4.90 Å². The highest BCUT2D eigenvalue weighted by Crippen LogP contribution is 2.45. The first-order valence-electron chi connectivity index (χ1n) is 13.0. The number of anilines is 1. The number of benzene rings is 3. The van der Waals surface area contributed by atoms with Gasteiger partial charge in [0.05, 0.1) is 6.26 Å². The van der Waals surface area contributed by atoms with Crippen molar-refractivity contribution in [3.63, 3.8) is 0 Å². The van der Waals surface area contributed by atoms with E-state index in [2.05, 4.69) is 65.1 Å². The van der Waals surface area contributed by atoms with E-state index in [0.29, 0.717) is 12.3 Å². The van der Waals surface area contributed by atoms with Crippen molar-refractivity contribution in [3.05, 3.63) is 94.5 Å². The average Bonchev–Trinajstić information content (AvgIpc) is 2.99. The molecule has 1 fully saturated rings. The van der Waals surface area contributed by atoms with E-state index in [1.54, 1.807) is 6.07 Å². The summed E-state index contributed by atoms with van der Waals surface area (Å²) in [6, 6.07) is 23.0. The maximum absolute atomic E-state index is 11.9. The second-order valence-corrected chi connectivity index (χ2v) is 12.1. The van der Waals surface area contributed by atoms with Gasteiger partial charge in [-0.05, 0) is 97.8 Å². The number of likely N-dealkylation sites (tertiary alicyclic amines) is 1. The first-order valence-corrected chi connectivity index (χ1v) is 14.9. The standard InChI is InChI=1S/C30H36N2O3S/c1-30(25-10-8-11-26(22-25)31-36(2,33)34)28-12-5-4-9-23(28)13-14-24-21-27(15-16-29(24)30)35-20-19-32-17-6-3-7-18-32/h4-5,8-12,15-16,21-22,31H,3,6-7,13-14,17-20H2,1-2H3. The van der Waals surface area contributed by atoms with Crippen LogP contribution in [0.1, 0.15) is 54.0 Å². The van der Waals surface area contributed by atoms with Crippen LogP contribution in [0.2, 0.25) is 0 Å². The first kappa shape index (κ1) is 24.8. The second-order valence-electron chi connectivity index (χ2n) is 10.3. The smallest absolute Gasteiger partial charge is 0.229 e. The van der Waals surface area contributed by atoms with Crippen LogP contribution in [0.5, 0.6) is 5.75 Å². The van der Waals surface area contributed by atoms with Gasteiger partial charge in [-0.15, -0.1) is 0 Å². The monoisotopic (exact) mass is 504 g/mol. The van der Waals surface area contributed by atoms with E-state index in [0.717, 1.165) is 30.7 Å². The van der Waals surface area contributed by atoms with Gasteiger partial charge < -0.3 is 4.74 Å². The van der Waals surface area contributed by atoms with Gasteiger partial charge in [0.15, 0.2) is 0 Å². The highest BCUT2D eigenvalue weighted by atomic mass is 32.2. The molecule has 2 aliphatic rings. The van der Waals surface area contributed by atoms with Gasteiger partial charge in [-0.25, -0.2) is 8.42 Å². The van der Waals surface area contributed by atoms with Gasteiger partial charge in [0.1, 0.15) is 12.4 Å². The molecule has 1 N–H and O–H groups in total. The van der Waals surface area contributed by atoms with Crippen LogP contribution in [0.15, 0.2) is 66.7 Å². The van der Waals surface area contributed by atoms with Crippen LogP contribution in [-0.2, 0) is 28.3 Å². The van der Waals surface area contributed by atoms with Crippen molar-refractivity contribution in [1.29, 1.82) is 0 Å². The zero-order valence-electron chi connectivity index (χ0n) is 21.3. The minimum atomic E-state index is -3.37. The average molecular weight is 505 g/mol. The van der Waals surface area contributed by atoms with Gasteiger partial charge in [-0.3, -0.25) is 9.62 Å². The molecule has 1 unspecified atom stereocenters. The molecular formula is C30H36N2O3S. The minimum absolute atomic E-state index is 0.427. The zero-order valence-corrected chi connectivity index (χ0v) is 22.1. The van der Waals surface area contributed by atoms with Gasteiger partial charge in [-0.2, -0.15) is 0 Å².